The Kier molecular flexibility index (Phi) is 2.11. The van der Waals surface area contributed by atoms with E-state index in [1.807, 2.05) is 19.1 Å². The van der Waals surface area contributed by atoms with Crippen molar-refractivity contribution >= 4 is 16.8 Å². The van der Waals surface area contributed by atoms with Gasteiger partial charge in [-0.25, -0.2) is 0 Å². The third kappa shape index (κ3) is 1.38. The van der Waals surface area contributed by atoms with E-state index in [-0.39, 0.29) is 6.04 Å². The van der Waals surface area contributed by atoms with E-state index in [1.165, 1.54) is 0 Å². The number of nitrogens with zero attached hydrogens (tertiary/aromatic N) is 2. The number of nitrogens with two attached hydrogens (primary N) is 1. The molecule has 16 heavy (non-hydrogen) atoms. The van der Waals surface area contributed by atoms with Crippen LogP contribution in [0.15, 0.2) is 22.7 Å². The Morgan fingerprint density at radius 1 is 1.50 bits per heavy atom. The molecule has 0 aliphatic carbocycles. The van der Waals surface area contributed by atoms with Crippen molar-refractivity contribution in [1.29, 1.82) is 0 Å². The lowest BCUT2D eigenvalue weighted by Gasteiger charge is -2.13. The SMILES string of the molecule is Cc1cccc2c(N3CCC(N)C3)noc12. The Bertz CT molecular complexity index is 520. The second kappa shape index (κ2) is 3.49. The van der Waals surface area contributed by atoms with E-state index in [0.717, 1.165) is 41.9 Å². The molecule has 1 aromatic carbocycles. The van der Waals surface area contributed by atoms with E-state index in [9.17, 15) is 0 Å². The molecule has 1 fully saturated rings. The molecule has 3 rings (SSSR count). The van der Waals surface area contributed by atoms with Crippen molar-refractivity contribution in [2.45, 2.75) is 19.4 Å². The first-order valence-corrected chi connectivity index (χ1v) is 5.61. The Labute approximate surface area is 94.0 Å². The fraction of sp³-hybridized carbons (Fsp3) is 0.417. The molecular weight excluding hydrogens is 202 g/mol. The Morgan fingerprint density at radius 3 is 3.12 bits per heavy atom. The van der Waals surface area contributed by atoms with Crippen molar-refractivity contribution in [3.05, 3.63) is 23.8 Å². The molecule has 0 amide bonds. The Balaban J connectivity index is 2.08. The molecular formula is C12H15N3O. The minimum absolute atomic E-state index is 0.261. The molecule has 1 saturated heterocycles. The molecule has 1 aliphatic heterocycles. The molecule has 1 atom stereocenters. The predicted molar refractivity (Wildman–Crippen MR) is 63.6 cm³/mol. The molecule has 0 spiro atoms. The van der Waals surface area contributed by atoms with Crippen molar-refractivity contribution in [2.24, 2.45) is 5.73 Å². The van der Waals surface area contributed by atoms with Gasteiger partial charge in [0.25, 0.3) is 0 Å². The average Bonchev–Trinajstić information content (AvgIpc) is 2.84. The van der Waals surface area contributed by atoms with Crippen LogP contribution < -0.4 is 10.6 Å². The standard InChI is InChI=1S/C12H15N3O/c1-8-3-2-4-10-11(8)16-14-12(10)15-6-5-9(13)7-15/h2-4,9H,5-7,13H2,1H3. The number of rotatable bonds is 1. The topological polar surface area (TPSA) is 55.3 Å². The Morgan fingerprint density at radius 2 is 2.38 bits per heavy atom. The van der Waals surface area contributed by atoms with E-state index >= 15 is 0 Å². The molecule has 0 bridgehead atoms. The maximum absolute atomic E-state index is 5.91. The highest BCUT2D eigenvalue weighted by Crippen LogP contribution is 2.29. The molecule has 0 radical (unpaired) electrons. The maximum atomic E-state index is 5.91. The number of benzene rings is 1. The van der Waals surface area contributed by atoms with Gasteiger partial charge in [0.05, 0.1) is 5.39 Å². The number of aromatic nitrogens is 1. The van der Waals surface area contributed by atoms with Crippen LogP contribution in [-0.2, 0) is 0 Å². The van der Waals surface area contributed by atoms with Gasteiger partial charge in [0, 0.05) is 19.1 Å². The zero-order chi connectivity index (χ0) is 11.1. The lowest BCUT2D eigenvalue weighted by atomic mass is 10.2. The van der Waals surface area contributed by atoms with Crippen LogP contribution >= 0.6 is 0 Å². The van der Waals surface area contributed by atoms with Gasteiger partial charge in [-0.15, -0.1) is 0 Å². The minimum Gasteiger partial charge on any atom is -0.354 e. The molecule has 2 aromatic rings. The Hall–Kier alpha value is -1.55. The first kappa shape index (κ1) is 9.66. The van der Waals surface area contributed by atoms with Crippen molar-refractivity contribution in [3.8, 4) is 0 Å². The van der Waals surface area contributed by atoms with Crippen LogP contribution in [0.5, 0.6) is 0 Å². The molecule has 1 aromatic heterocycles. The zero-order valence-corrected chi connectivity index (χ0v) is 9.31. The van der Waals surface area contributed by atoms with Crippen molar-refractivity contribution < 1.29 is 4.52 Å². The van der Waals surface area contributed by atoms with E-state index in [0.29, 0.717) is 0 Å². The smallest absolute Gasteiger partial charge is 0.180 e. The van der Waals surface area contributed by atoms with Gasteiger partial charge in [0.2, 0.25) is 0 Å². The summed E-state index contributed by atoms with van der Waals surface area (Å²) in [4.78, 5) is 2.20. The fourth-order valence-corrected chi connectivity index (χ4v) is 2.30. The van der Waals surface area contributed by atoms with E-state index in [4.69, 9.17) is 10.3 Å². The van der Waals surface area contributed by atoms with Crippen LogP contribution in [0.1, 0.15) is 12.0 Å². The summed E-state index contributed by atoms with van der Waals surface area (Å²) >= 11 is 0. The summed E-state index contributed by atoms with van der Waals surface area (Å²) < 4.78 is 5.39. The van der Waals surface area contributed by atoms with Crippen LogP contribution in [0.3, 0.4) is 0 Å². The highest BCUT2D eigenvalue weighted by atomic mass is 16.5. The van der Waals surface area contributed by atoms with Gasteiger partial charge in [-0.2, -0.15) is 0 Å². The number of aryl methyl sites for hydroxylation is 1. The van der Waals surface area contributed by atoms with Gasteiger partial charge in [0.15, 0.2) is 11.4 Å². The van der Waals surface area contributed by atoms with Gasteiger partial charge >= 0.3 is 0 Å². The monoisotopic (exact) mass is 217 g/mol. The molecule has 0 saturated carbocycles. The third-order valence-corrected chi connectivity index (χ3v) is 3.20. The van der Waals surface area contributed by atoms with Crippen LogP contribution in [-0.4, -0.2) is 24.3 Å². The number of fused-ring (bicyclic) bond motifs is 1. The molecule has 4 nitrogen and oxygen atoms in total. The van der Waals surface area contributed by atoms with Gasteiger partial charge < -0.3 is 15.2 Å². The maximum Gasteiger partial charge on any atom is 0.180 e. The lowest BCUT2D eigenvalue weighted by molar-refractivity contribution is 0.454. The quantitative estimate of drug-likeness (QED) is 0.789. The number of anilines is 1. The molecule has 4 heteroatoms. The summed E-state index contributed by atoms with van der Waals surface area (Å²) in [5, 5.41) is 5.26. The van der Waals surface area contributed by atoms with Crippen molar-refractivity contribution in [3.63, 3.8) is 0 Å². The van der Waals surface area contributed by atoms with Crippen molar-refractivity contribution in [2.75, 3.05) is 18.0 Å². The van der Waals surface area contributed by atoms with Crippen molar-refractivity contribution in [1.82, 2.24) is 5.16 Å². The highest BCUT2D eigenvalue weighted by molar-refractivity contribution is 5.90. The normalized spacial score (nSPS) is 20.9. The summed E-state index contributed by atoms with van der Waals surface area (Å²) in [6, 6.07) is 6.39. The predicted octanol–water partition coefficient (Wildman–Crippen LogP) is 1.67. The van der Waals surface area contributed by atoms with E-state index < -0.39 is 0 Å². The van der Waals surface area contributed by atoms with Gasteiger partial charge in [-0.05, 0) is 25.0 Å². The van der Waals surface area contributed by atoms with E-state index in [1.54, 1.807) is 0 Å². The molecule has 1 aliphatic rings. The summed E-state index contributed by atoms with van der Waals surface area (Å²) in [5.74, 6) is 0.937. The number of hydrogen-bond acceptors (Lipinski definition) is 4. The molecule has 2 heterocycles. The minimum atomic E-state index is 0.261. The molecule has 2 N–H and O–H groups in total. The van der Waals surface area contributed by atoms with Gasteiger partial charge in [-0.1, -0.05) is 17.3 Å². The molecule has 1 unspecified atom stereocenters. The fourth-order valence-electron chi connectivity index (χ4n) is 2.30. The van der Waals surface area contributed by atoms with E-state index in [2.05, 4.69) is 16.1 Å². The van der Waals surface area contributed by atoms with Crippen LogP contribution in [0.4, 0.5) is 5.82 Å². The summed E-state index contributed by atoms with van der Waals surface area (Å²) in [6.07, 6.45) is 1.03. The number of hydrogen-bond donors (Lipinski definition) is 1. The summed E-state index contributed by atoms with van der Waals surface area (Å²) in [5.41, 5.74) is 7.92. The molecule has 84 valence electrons. The zero-order valence-electron chi connectivity index (χ0n) is 9.31. The highest BCUT2D eigenvalue weighted by Gasteiger charge is 2.23. The first-order valence-electron chi connectivity index (χ1n) is 5.61. The number of para-hydroxylation sites is 1. The van der Waals surface area contributed by atoms with Gasteiger partial charge in [0.1, 0.15) is 0 Å². The summed E-state index contributed by atoms with van der Waals surface area (Å²) in [7, 11) is 0. The second-order valence-corrected chi connectivity index (χ2v) is 4.45. The van der Waals surface area contributed by atoms with Crippen LogP contribution in [0, 0.1) is 6.92 Å². The largest absolute Gasteiger partial charge is 0.354 e. The van der Waals surface area contributed by atoms with Crippen LogP contribution in [0.25, 0.3) is 11.0 Å². The average molecular weight is 217 g/mol. The third-order valence-electron chi connectivity index (χ3n) is 3.20. The second-order valence-electron chi connectivity index (χ2n) is 4.45. The summed E-state index contributed by atoms with van der Waals surface area (Å²) in [6.45, 7) is 3.87. The first-order chi connectivity index (χ1) is 7.75. The lowest BCUT2D eigenvalue weighted by Crippen LogP contribution is -2.26. The van der Waals surface area contributed by atoms with Gasteiger partial charge in [-0.3, -0.25) is 0 Å². The van der Waals surface area contributed by atoms with Crippen LogP contribution in [0.2, 0.25) is 0 Å².